The van der Waals surface area contributed by atoms with Crippen LogP contribution in [0.5, 0.6) is 0 Å². The number of azide groups is 1. The van der Waals surface area contributed by atoms with Gasteiger partial charge in [0.2, 0.25) is 0 Å². The monoisotopic (exact) mass is 305 g/mol. The Bertz CT molecular complexity index is 660. The van der Waals surface area contributed by atoms with Crippen molar-refractivity contribution in [3.8, 4) is 0 Å². The summed E-state index contributed by atoms with van der Waals surface area (Å²) < 4.78 is 0. The summed E-state index contributed by atoms with van der Waals surface area (Å²) in [5.74, 6) is 0.0913. The molecule has 4 nitrogen and oxygen atoms in total. The highest BCUT2D eigenvalue weighted by Gasteiger charge is 2.07. The molecule has 0 fully saturated rings. The number of allylic oxidation sites excluding steroid dienone is 1. The van der Waals surface area contributed by atoms with Crippen LogP contribution in [0.15, 0.2) is 71.9 Å². The minimum absolute atomic E-state index is 0.0913. The Balaban J connectivity index is 2.14. The number of unbranched alkanes of at least 4 members (excludes halogenated alkanes) is 1. The SMILES string of the molecule is [N-]=[N+]=NCCCCC(=O)C=C(c1ccccc1)c1ccccc1. The topological polar surface area (TPSA) is 65.8 Å². The summed E-state index contributed by atoms with van der Waals surface area (Å²) in [6, 6.07) is 19.8. The van der Waals surface area contributed by atoms with Crippen molar-refractivity contribution in [3.05, 3.63) is 88.3 Å². The Morgan fingerprint density at radius 3 is 2.04 bits per heavy atom. The molecule has 0 aliphatic carbocycles. The van der Waals surface area contributed by atoms with Gasteiger partial charge < -0.3 is 0 Å². The lowest BCUT2D eigenvalue weighted by atomic mass is 9.96. The molecule has 0 aromatic heterocycles. The van der Waals surface area contributed by atoms with Gasteiger partial charge in [-0.3, -0.25) is 4.79 Å². The van der Waals surface area contributed by atoms with E-state index in [0.717, 1.165) is 29.5 Å². The zero-order valence-corrected chi connectivity index (χ0v) is 12.9. The third-order valence-electron chi connectivity index (χ3n) is 3.47. The predicted octanol–water partition coefficient (Wildman–Crippen LogP) is 5.17. The van der Waals surface area contributed by atoms with E-state index in [9.17, 15) is 4.79 Å². The van der Waals surface area contributed by atoms with Crippen LogP contribution in [0.3, 0.4) is 0 Å². The molecule has 2 rings (SSSR count). The molecule has 0 N–H and O–H groups in total. The molecule has 0 bridgehead atoms. The number of hydrogen-bond donors (Lipinski definition) is 0. The van der Waals surface area contributed by atoms with Gasteiger partial charge in [0.1, 0.15) is 0 Å². The van der Waals surface area contributed by atoms with Crippen molar-refractivity contribution in [2.24, 2.45) is 5.11 Å². The fourth-order valence-corrected chi connectivity index (χ4v) is 2.33. The zero-order valence-electron chi connectivity index (χ0n) is 12.9. The highest BCUT2D eigenvalue weighted by atomic mass is 16.1. The number of hydrogen-bond acceptors (Lipinski definition) is 2. The highest BCUT2D eigenvalue weighted by Crippen LogP contribution is 2.23. The van der Waals surface area contributed by atoms with Crippen molar-refractivity contribution in [3.63, 3.8) is 0 Å². The molecule has 0 saturated heterocycles. The summed E-state index contributed by atoms with van der Waals surface area (Å²) in [6.07, 6.45) is 3.64. The van der Waals surface area contributed by atoms with Crippen molar-refractivity contribution in [1.29, 1.82) is 0 Å². The Hall–Kier alpha value is -2.84. The lowest BCUT2D eigenvalue weighted by Gasteiger charge is -2.08. The first-order chi connectivity index (χ1) is 11.3. The second kappa shape index (κ2) is 9.23. The molecule has 2 aromatic carbocycles. The van der Waals surface area contributed by atoms with Gasteiger partial charge in [-0.15, -0.1) is 0 Å². The van der Waals surface area contributed by atoms with Crippen LogP contribution in [0, 0.1) is 0 Å². The van der Waals surface area contributed by atoms with Crippen LogP contribution >= 0.6 is 0 Å². The van der Waals surface area contributed by atoms with E-state index in [-0.39, 0.29) is 5.78 Å². The number of ketones is 1. The average Bonchev–Trinajstić information content (AvgIpc) is 2.61. The molecule has 116 valence electrons. The van der Waals surface area contributed by atoms with Crippen LogP contribution in [0.25, 0.3) is 16.0 Å². The van der Waals surface area contributed by atoms with E-state index in [0.29, 0.717) is 13.0 Å². The molecule has 2 aromatic rings. The molecule has 0 aliphatic heterocycles. The molecule has 0 amide bonds. The van der Waals surface area contributed by atoms with Crippen LogP contribution in [0.2, 0.25) is 0 Å². The maximum absolute atomic E-state index is 12.3. The molecular formula is C19H19N3O. The maximum atomic E-state index is 12.3. The summed E-state index contributed by atoms with van der Waals surface area (Å²) in [5, 5.41) is 3.48. The molecule has 0 heterocycles. The fourth-order valence-electron chi connectivity index (χ4n) is 2.33. The molecule has 0 radical (unpaired) electrons. The van der Waals surface area contributed by atoms with Crippen molar-refractivity contribution < 1.29 is 4.79 Å². The zero-order chi connectivity index (χ0) is 16.3. The number of benzene rings is 2. The number of rotatable bonds is 8. The van der Waals surface area contributed by atoms with Crippen LogP contribution in [0.4, 0.5) is 0 Å². The largest absolute Gasteiger partial charge is 0.295 e. The molecule has 0 atom stereocenters. The molecule has 4 heteroatoms. The smallest absolute Gasteiger partial charge is 0.156 e. The van der Waals surface area contributed by atoms with E-state index in [1.807, 2.05) is 60.7 Å². The van der Waals surface area contributed by atoms with E-state index in [4.69, 9.17) is 5.53 Å². The molecule has 23 heavy (non-hydrogen) atoms. The van der Waals surface area contributed by atoms with Gasteiger partial charge in [0.05, 0.1) is 0 Å². The van der Waals surface area contributed by atoms with Crippen LogP contribution in [0.1, 0.15) is 30.4 Å². The second-order valence-corrected chi connectivity index (χ2v) is 5.17. The quantitative estimate of drug-likeness (QED) is 0.218. The van der Waals surface area contributed by atoms with Gasteiger partial charge in [0, 0.05) is 17.9 Å². The summed E-state index contributed by atoms with van der Waals surface area (Å²) in [6.45, 7) is 0.442. The van der Waals surface area contributed by atoms with Gasteiger partial charge in [-0.2, -0.15) is 0 Å². The molecular weight excluding hydrogens is 286 g/mol. The lowest BCUT2D eigenvalue weighted by Crippen LogP contribution is -1.97. The van der Waals surface area contributed by atoms with Gasteiger partial charge in [-0.1, -0.05) is 65.8 Å². The normalized spacial score (nSPS) is 9.74. The third-order valence-corrected chi connectivity index (χ3v) is 3.47. The van der Waals surface area contributed by atoms with Gasteiger partial charge in [-0.05, 0) is 41.1 Å². The number of carbonyl (C=O) groups excluding carboxylic acids is 1. The maximum Gasteiger partial charge on any atom is 0.156 e. The standard InChI is InChI=1S/C19H19N3O/c20-22-21-14-8-7-13-18(23)15-19(16-9-3-1-4-10-16)17-11-5-2-6-12-17/h1-6,9-12,15H,7-8,13-14H2. The van der Waals surface area contributed by atoms with E-state index in [1.54, 1.807) is 6.08 Å². The first kappa shape index (κ1) is 16.5. The minimum atomic E-state index is 0.0913. The summed E-state index contributed by atoms with van der Waals surface area (Å²) in [7, 11) is 0. The molecule has 0 saturated carbocycles. The number of carbonyl (C=O) groups is 1. The lowest BCUT2D eigenvalue weighted by molar-refractivity contribution is -0.114. The van der Waals surface area contributed by atoms with E-state index < -0.39 is 0 Å². The van der Waals surface area contributed by atoms with E-state index in [2.05, 4.69) is 10.0 Å². The summed E-state index contributed by atoms with van der Waals surface area (Å²) in [5.41, 5.74) is 11.2. The van der Waals surface area contributed by atoms with Gasteiger partial charge in [0.15, 0.2) is 5.78 Å². The van der Waals surface area contributed by atoms with Crippen molar-refractivity contribution >= 4 is 11.4 Å². The molecule has 0 aliphatic rings. The first-order valence-corrected chi connectivity index (χ1v) is 7.67. The second-order valence-electron chi connectivity index (χ2n) is 5.17. The Morgan fingerprint density at radius 2 is 1.52 bits per heavy atom. The number of nitrogens with zero attached hydrogens (tertiary/aromatic N) is 3. The average molecular weight is 305 g/mol. The molecule has 0 spiro atoms. The van der Waals surface area contributed by atoms with Gasteiger partial charge >= 0.3 is 0 Å². The van der Waals surface area contributed by atoms with Crippen molar-refractivity contribution in [2.75, 3.05) is 6.54 Å². The summed E-state index contributed by atoms with van der Waals surface area (Å²) >= 11 is 0. The fraction of sp³-hybridized carbons (Fsp3) is 0.211. The van der Waals surface area contributed by atoms with Gasteiger partial charge in [-0.25, -0.2) is 0 Å². The first-order valence-electron chi connectivity index (χ1n) is 7.67. The van der Waals surface area contributed by atoms with Crippen molar-refractivity contribution in [1.82, 2.24) is 0 Å². The van der Waals surface area contributed by atoms with E-state index in [1.165, 1.54) is 0 Å². The van der Waals surface area contributed by atoms with E-state index >= 15 is 0 Å². The highest BCUT2D eigenvalue weighted by molar-refractivity contribution is 6.00. The van der Waals surface area contributed by atoms with Crippen molar-refractivity contribution in [2.45, 2.75) is 19.3 Å². The Kier molecular flexibility index (Phi) is 6.64. The third kappa shape index (κ3) is 5.46. The Labute approximate surface area is 136 Å². The van der Waals surface area contributed by atoms with Gasteiger partial charge in [0.25, 0.3) is 0 Å². The minimum Gasteiger partial charge on any atom is -0.295 e. The summed E-state index contributed by atoms with van der Waals surface area (Å²) in [4.78, 5) is 15.0. The molecule has 0 unspecified atom stereocenters. The van der Waals surface area contributed by atoms with Crippen LogP contribution < -0.4 is 0 Å². The Morgan fingerprint density at radius 1 is 0.957 bits per heavy atom. The van der Waals surface area contributed by atoms with Crippen LogP contribution in [-0.2, 0) is 4.79 Å². The van der Waals surface area contributed by atoms with Crippen LogP contribution in [-0.4, -0.2) is 12.3 Å². The predicted molar refractivity (Wildman–Crippen MR) is 92.8 cm³/mol.